The van der Waals surface area contributed by atoms with Gasteiger partial charge in [0, 0.05) is 11.3 Å². The van der Waals surface area contributed by atoms with E-state index in [2.05, 4.69) is 10.6 Å². The minimum atomic E-state index is -0.645. The number of rotatable bonds is 6. The van der Waals surface area contributed by atoms with Crippen molar-refractivity contribution in [3.8, 4) is 0 Å². The number of ether oxygens (including phenoxy) is 1. The van der Waals surface area contributed by atoms with Crippen LogP contribution in [0.3, 0.4) is 0 Å². The average Bonchev–Trinajstić information content (AvgIpc) is 3.07. The van der Waals surface area contributed by atoms with Crippen LogP contribution in [0.5, 0.6) is 0 Å². The second-order valence-corrected chi connectivity index (χ2v) is 7.55. The van der Waals surface area contributed by atoms with E-state index in [1.165, 1.54) is 19.2 Å². The molecule has 1 aliphatic rings. The highest BCUT2D eigenvalue weighted by Gasteiger charge is 2.38. The lowest BCUT2D eigenvalue weighted by atomic mass is 10.1. The van der Waals surface area contributed by atoms with Gasteiger partial charge < -0.3 is 15.4 Å². The fraction of sp³-hybridized carbons (Fsp3) is 0.0400. The molecule has 1 heterocycles. The van der Waals surface area contributed by atoms with Crippen LogP contribution in [0.1, 0.15) is 20.7 Å². The lowest BCUT2D eigenvalue weighted by Crippen LogP contribution is -2.32. The molecule has 0 aliphatic carbocycles. The van der Waals surface area contributed by atoms with Crippen molar-refractivity contribution in [2.24, 2.45) is 0 Å². The van der Waals surface area contributed by atoms with E-state index >= 15 is 0 Å². The second kappa shape index (κ2) is 9.60. The molecule has 0 spiro atoms. The van der Waals surface area contributed by atoms with Gasteiger partial charge in [0.1, 0.15) is 10.7 Å². The smallest absolute Gasteiger partial charge is 0.339 e. The van der Waals surface area contributed by atoms with Crippen LogP contribution >= 0.6 is 11.6 Å². The maximum absolute atomic E-state index is 12.9. The van der Waals surface area contributed by atoms with Crippen molar-refractivity contribution in [1.29, 1.82) is 0 Å². The minimum absolute atomic E-state index is 0.0934. The molecule has 8 nitrogen and oxygen atoms in total. The molecule has 1 aliphatic heterocycles. The lowest BCUT2D eigenvalue weighted by Gasteiger charge is -2.15. The summed E-state index contributed by atoms with van der Waals surface area (Å²) in [6.07, 6.45) is 0. The van der Waals surface area contributed by atoms with E-state index in [4.69, 9.17) is 16.3 Å². The normalized spacial score (nSPS) is 13.2. The van der Waals surface area contributed by atoms with Gasteiger partial charge >= 0.3 is 5.97 Å². The number of benzene rings is 3. The molecule has 0 radical (unpaired) electrons. The molecule has 0 aromatic heterocycles. The summed E-state index contributed by atoms with van der Waals surface area (Å²) >= 11 is 6.17. The zero-order valence-electron chi connectivity index (χ0n) is 17.9. The van der Waals surface area contributed by atoms with Crippen molar-refractivity contribution in [1.82, 2.24) is 0 Å². The Kier molecular flexibility index (Phi) is 6.42. The molecular weight excluding hydrogens is 458 g/mol. The van der Waals surface area contributed by atoms with Crippen LogP contribution < -0.4 is 15.5 Å². The van der Waals surface area contributed by atoms with E-state index in [0.717, 1.165) is 4.90 Å². The number of esters is 1. The molecule has 3 amide bonds. The van der Waals surface area contributed by atoms with Crippen LogP contribution in [0.15, 0.2) is 89.6 Å². The maximum atomic E-state index is 12.9. The van der Waals surface area contributed by atoms with E-state index in [0.29, 0.717) is 17.1 Å². The number of anilines is 3. The molecule has 2 N–H and O–H groups in total. The monoisotopic (exact) mass is 475 g/mol. The number of para-hydroxylation sites is 2. The highest BCUT2D eigenvalue weighted by molar-refractivity contribution is 6.53. The van der Waals surface area contributed by atoms with E-state index in [-0.39, 0.29) is 21.9 Å². The Balaban J connectivity index is 1.55. The SMILES string of the molecule is COC(=O)c1ccccc1NC(=O)c1cccc(NC2=C(Cl)C(=O)N(c3ccccc3)C2=O)c1. The van der Waals surface area contributed by atoms with Crippen molar-refractivity contribution in [3.63, 3.8) is 0 Å². The highest BCUT2D eigenvalue weighted by atomic mass is 35.5. The van der Waals surface area contributed by atoms with Gasteiger partial charge in [0.2, 0.25) is 0 Å². The van der Waals surface area contributed by atoms with Crippen molar-refractivity contribution in [3.05, 3.63) is 101 Å². The van der Waals surface area contributed by atoms with Gasteiger partial charge in [-0.25, -0.2) is 9.69 Å². The Morgan fingerprint density at radius 2 is 1.59 bits per heavy atom. The Morgan fingerprint density at radius 3 is 2.32 bits per heavy atom. The molecule has 9 heteroatoms. The summed E-state index contributed by atoms with van der Waals surface area (Å²) in [6, 6.07) is 21.2. The maximum Gasteiger partial charge on any atom is 0.339 e. The summed E-state index contributed by atoms with van der Waals surface area (Å²) in [5.41, 5.74) is 1.42. The van der Waals surface area contributed by atoms with Crippen LogP contribution in [-0.4, -0.2) is 30.8 Å². The highest BCUT2D eigenvalue weighted by Crippen LogP contribution is 2.30. The quantitative estimate of drug-likeness (QED) is 0.409. The molecule has 0 unspecified atom stereocenters. The molecule has 170 valence electrons. The predicted octanol–water partition coefficient (Wildman–Crippen LogP) is 4.16. The van der Waals surface area contributed by atoms with Gasteiger partial charge in [-0.3, -0.25) is 14.4 Å². The summed E-state index contributed by atoms with van der Waals surface area (Å²) in [6.45, 7) is 0. The molecule has 0 fully saturated rings. The number of nitrogens with one attached hydrogen (secondary N) is 2. The first-order valence-electron chi connectivity index (χ1n) is 10.1. The van der Waals surface area contributed by atoms with Crippen LogP contribution in [0.4, 0.5) is 17.1 Å². The molecule has 3 aromatic rings. The van der Waals surface area contributed by atoms with E-state index in [9.17, 15) is 19.2 Å². The number of hydrogen-bond donors (Lipinski definition) is 2. The average molecular weight is 476 g/mol. The predicted molar refractivity (Wildman–Crippen MR) is 128 cm³/mol. The van der Waals surface area contributed by atoms with Gasteiger partial charge in [-0.2, -0.15) is 0 Å². The Morgan fingerprint density at radius 1 is 0.882 bits per heavy atom. The zero-order valence-corrected chi connectivity index (χ0v) is 18.6. The molecule has 0 saturated carbocycles. The van der Waals surface area contributed by atoms with Crippen molar-refractivity contribution in [2.45, 2.75) is 0 Å². The number of amides is 3. The molecule has 4 rings (SSSR count). The zero-order chi connectivity index (χ0) is 24.2. The lowest BCUT2D eigenvalue weighted by molar-refractivity contribution is -0.120. The standard InChI is InChI=1S/C25H18ClN3O5/c1-34-25(33)18-12-5-6-13-19(18)28-22(30)15-8-7-9-16(14-15)27-21-20(26)23(31)29(24(21)32)17-10-3-2-4-11-17/h2-14,27H,1H3,(H,28,30). The topological polar surface area (TPSA) is 105 Å². The Labute approximate surface area is 199 Å². The number of imide groups is 1. The van der Waals surface area contributed by atoms with Gasteiger partial charge in [-0.05, 0) is 42.5 Å². The van der Waals surface area contributed by atoms with Crippen LogP contribution in [0.2, 0.25) is 0 Å². The van der Waals surface area contributed by atoms with Crippen molar-refractivity contribution in [2.75, 3.05) is 22.6 Å². The first kappa shape index (κ1) is 22.8. The minimum Gasteiger partial charge on any atom is -0.465 e. The van der Waals surface area contributed by atoms with Gasteiger partial charge in [0.25, 0.3) is 17.7 Å². The van der Waals surface area contributed by atoms with E-state index < -0.39 is 23.7 Å². The first-order valence-corrected chi connectivity index (χ1v) is 10.5. The first-order chi connectivity index (χ1) is 16.4. The van der Waals surface area contributed by atoms with Crippen LogP contribution in [0.25, 0.3) is 0 Å². The molecule has 0 saturated heterocycles. The van der Waals surface area contributed by atoms with Gasteiger partial charge in [-0.1, -0.05) is 48.0 Å². The van der Waals surface area contributed by atoms with Gasteiger partial charge in [-0.15, -0.1) is 0 Å². The molecule has 0 bridgehead atoms. The fourth-order valence-corrected chi connectivity index (χ4v) is 3.59. The molecule has 3 aromatic carbocycles. The number of hydrogen-bond acceptors (Lipinski definition) is 6. The summed E-state index contributed by atoms with van der Waals surface area (Å²) in [5, 5.41) is 5.28. The van der Waals surface area contributed by atoms with Gasteiger partial charge in [0.15, 0.2) is 0 Å². The number of nitrogens with zero attached hydrogens (tertiary/aromatic N) is 1. The molecule has 0 atom stereocenters. The van der Waals surface area contributed by atoms with Gasteiger partial charge in [0.05, 0.1) is 24.0 Å². The number of carbonyl (C=O) groups is 4. The van der Waals surface area contributed by atoms with Crippen molar-refractivity contribution >= 4 is 52.4 Å². The van der Waals surface area contributed by atoms with Crippen molar-refractivity contribution < 1.29 is 23.9 Å². The number of carbonyl (C=O) groups excluding carboxylic acids is 4. The number of halogens is 1. The van der Waals surface area contributed by atoms with Crippen LogP contribution in [0, 0.1) is 0 Å². The third-order valence-electron chi connectivity index (χ3n) is 5.02. The van der Waals surface area contributed by atoms with E-state index in [1.54, 1.807) is 66.7 Å². The Bertz CT molecular complexity index is 1340. The second-order valence-electron chi connectivity index (χ2n) is 7.17. The largest absolute Gasteiger partial charge is 0.465 e. The molecule has 34 heavy (non-hydrogen) atoms. The Hall–Kier alpha value is -4.43. The fourth-order valence-electron chi connectivity index (χ4n) is 3.38. The summed E-state index contributed by atoms with van der Waals surface area (Å²) in [5.74, 6) is -2.32. The summed E-state index contributed by atoms with van der Waals surface area (Å²) in [7, 11) is 1.25. The summed E-state index contributed by atoms with van der Waals surface area (Å²) in [4.78, 5) is 51.2. The third kappa shape index (κ3) is 4.39. The third-order valence-corrected chi connectivity index (χ3v) is 5.37. The number of methoxy groups -OCH3 is 1. The van der Waals surface area contributed by atoms with Crippen LogP contribution in [-0.2, 0) is 14.3 Å². The van der Waals surface area contributed by atoms with E-state index in [1.807, 2.05) is 0 Å². The molecular formula is C25H18ClN3O5. The summed E-state index contributed by atoms with van der Waals surface area (Å²) < 4.78 is 4.75.